The first-order valence-corrected chi connectivity index (χ1v) is 8.30. The summed E-state index contributed by atoms with van der Waals surface area (Å²) in [6.45, 7) is 9.60. The van der Waals surface area contributed by atoms with Gasteiger partial charge >= 0.3 is 0 Å². The van der Waals surface area contributed by atoms with Crippen molar-refractivity contribution in [2.24, 2.45) is 5.73 Å². The first kappa shape index (κ1) is 18.8. The lowest BCUT2D eigenvalue weighted by molar-refractivity contribution is 0.108. The lowest BCUT2D eigenvalue weighted by Gasteiger charge is -2.28. The Bertz CT molecular complexity index is 254. The minimum absolute atomic E-state index is 0.345. The van der Waals surface area contributed by atoms with Gasteiger partial charge < -0.3 is 26.0 Å². The van der Waals surface area contributed by atoms with Crippen molar-refractivity contribution in [1.82, 2.24) is 20.0 Å². The highest BCUT2D eigenvalue weighted by molar-refractivity contribution is 4.69. The summed E-state index contributed by atoms with van der Waals surface area (Å²) in [6, 6.07) is 0. The van der Waals surface area contributed by atoms with Crippen molar-refractivity contribution in [1.29, 1.82) is 0 Å². The molecule has 0 aromatic rings. The number of nitrogens with two attached hydrogens (primary N) is 1. The van der Waals surface area contributed by atoms with Gasteiger partial charge in [0.2, 0.25) is 0 Å². The van der Waals surface area contributed by atoms with E-state index in [0.717, 1.165) is 58.8 Å². The molecule has 1 fully saturated rings. The summed E-state index contributed by atoms with van der Waals surface area (Å²) in [5.41, 5.74) is 5.55. The Kier molecular flexibility index (Phi) is 10.2. The van der Waals surface area contributed by atoms with Crippen LogP contribution in [-0.2, 0) is 0 Å². The molecule has 0 spiro atoms. The van der Waals surface area contributed by atoms with Gasteiger partial charge in [-0.3, -0.25) is 4.90 Å². The van der Waals surface area contributed by atoms with Crippen molar-refractivity contribution in [2.75, 3.05) is 79.5 Å². The first-order valence-electron chi connectivity index (χ1n) is 8.30. The molecule has 1 atom stereocenters. The van der Waals surface area contributed by atoms with Crippen LogP contribution in [0.4, 0.5) is 0 Å². The predicted octanol–water partition coefficient (Wildman–Crippen LogP) is -1.14. The monoisotopic (exact) mass is 301 g/mol. The van der Waals surface area contributed by atoms with E-state index in [-0.39, 0.29) is 0 Å². The number of β-amino-alcohol motifs (C(OH)–C–C–N with tert-alkyl or cyclic N) is 1. The molecule has 0 aromatic heterocycles. The van der Waals surface area contributed by atoms with E-state index in [9.17, 15) is 5.11 Å². The molecule has 0 amide bonds. The summed E-state index contributed by atoms with van der Waals surface area (Å²) in [5.74, 6) is 0. The zero-order valence-electron chi connectivity index (χ0n) is 13.9. The van der Waals surface area contributed by atoms with E-state index in [2.05, 4.69) is 34.1 Å². The van der Waals surface area contributed by atoms with Crippen molar-refractivity contribution < 1.29 is 5.11 Å². The van der Waals surface area contributed by atoms with E-state index in [1.807, 2.05) is 0 Å². The highest BCUT2D eigenvalue weighted by Crippen LogP contribution is 1.99. The highest BCUT2D eigenvalue weighted by Gasteiger charge is 2.12. The molecular weight excluding hydrogens is 266 g/mol. The molecule has 0 radical (unpaired) electrons. The maximum atomic E-state index is 9.80. The molecule has 6 heteroatoms. The van der Waals surface area contributed by atoms with Crippen LogP contribution in [0, 0.1) is 0 Å². The van der Waals surface area contributed by atoms with E-state index in [1.54, 1.807) is 0 Å². The minimum Gasteiger partial charge on any atom is -0.390 e. The fourth-order valence-electron chi connectivity index (χ4n) is 2.64. The third kappa shape index (κ3) is 9.39. The maximum Gasteiger partial charge on any atom is 0.0789 e. The van der Waals surface area contributed by atoms with Crippen LogP contribution in [0.5, 0.6) is 0 Å². The number of hydrogen-bond acceptors (Lipinski definition) is 6. The van der Waals surface area contributed by atoms with Gasteiger partial charge in [0.05, 0.1) is 6.10 Å². The van der Waals surface area contributed by atoms with E-state index < -0.39 is 6.10 Å². The summed E-state index contributed by atoms with van der Waals surface area (Å²) >= 11 is 0. The molecule has 1 heterocycles. The number of nitrogens with zero attached hydrogens (tertiary/aromatic N) is 3. The summed E-state index contributed by atoms with van der Waals surface area (Å²) in [5, 5.41) is 13.3. The zero-order valence-corrected chi connectivity index (χ0v) is 13.9. The lowest BCUT2D eigenvalue weighted by Crippen LogP contribution is -2.42. The molecule has 21 heavy (non-hydrogen) atoms. The lowest BCUT2D eigenvalue weighted by atomic mass is 10.2. The molecule has 0 aliphatic carbocycles. The Morgan fingerprint density at radius 1 is 0.952 bits per heavy atom. The predicted molar refractivity (Wildman–Crippen MR) is 88.6 cm³/mol. The fraction of sp³-hybridized carbons (Fsp3) is 1.00. The maximum absolute atomic E-state index is 9.80. The summed E-state index contributed by atoms with van der Waals surface area (Å²) < 4.78 is 0. The van der Waals surface area contributed by atoms with Gasteiger partial charge in [-0.1, -0.05) is 0 Å². The van der Waals surface area contributed by atoms with Gasteiger partial charge in [-0.25, -0.2) is 0 Å². The van der Waals surface area contributed by atoms with Gasteiger partial charge in [0.15, 0.2) is 0 Å². The minimum atomic E-state index is -0.406. The van der Waals surface area contributed by atoms with Crippen LogP contribution in [0.1, 0.15) is 12.8 Å². The van der Waals surface area contributed by atoms with Crippen molar-refractivity contribution >= 4 is 0 Å². The van der Waals surface area contributed by atoms with Crippen molar-refractivity contribution in [3.63, 3.8) is 0 Å². The van der Waals surface area contributed by atoms with Crippen molar-refractivity contribution in [2.45, 2.75) is 18.9 Å². The number of hydrogen-bond donors (Lipinski definition) is 3. The number of rotatable bonds is 3. The van der Waals surface area contributed by atoms with Crippen LogP contribution in [-0.4, -0.2) is 105 Å². The number of nitrogens with one attached hydrogen (secondary N) is 1. The largest absolute Gasteiger partial charge is 0.390 e. The molecule has 0 aromatic carbocycles. The van der Waals surface area contributed by atoms with Gasteiger partial charge in [-0.05, 0) is 53.1 Å². The van der Waals surface area contributed by atoms with Crippen LogP contribution in [0.25, 0.3) is 0 Å². The number of aliphatic hydroxyl groups excluding tert-OH is 1. The second kappa shape index (κ2) is 11.3. The van der Waals surface area contributed by atoms with E-state index in [0.29, 0.717) is 13.1 Å². The topological polar surface area (TPSA) is 68.0 Å². The summed E-state index contributed by atoms with van der Waals surface area (Å²) in [6.07, 6.45) is 1.92. The molecule has 1 saturated heterocycles. The van der Waals surface area contributed by atoms with Gasteiger partial charge in [-0.2, -0.15) is 0 Å². The molecule has 1 aliphatic rings. The molecule has 1 unspecified atom stereocenters. The van der Waals surface area contributed by atoms with E-state index in [1.165, 1.54) is 6.42 Å². The molecule has 0 saturated carbocycles. The third-order valence-corrected chi connectivity index (χ3v) is 4.12. The number of aliphatic hydroxyl groups is 1. The second-order valence-electron chi connectivity index (χ2n) is 6.25. The molecule has 6 nitrogen and oxygen atoms in total. The number of likely N-dealkylation sites (N-methyl/N-ethyl adjacent to an activating group) is 2. The van der Waals surface area contributed by atoms with Crippen molar-refractivity contribution in [3.05, 3.63) is 0 Å². The van der Waals surface area contributed by atoms with Gasteiger partial charge in [0, 0.05) is 39.3 Å². The Morgan fingerprint density at radius 2 is 1.67 bits per heavy atom. The summed E-state index contributed by atoms with van der Waals surface area (Å²) in [4.78, 5) is 7.11. The Balaban J connectivity index is 2.44. The standard InChI is InChI=1S/C15H35N5O/c1-18-8-4-9-20(14-15(21)13-16)12-11-19(2)7-3-5-17-6-10-18/h15,17,21H,3-14,16H2,1-2H3. The van der Waals surface area contributed by atoms with Crippen LogP contribution >= 0.6 is 0 Å². The van der Waals surface area contributed by atoms with Gasteiger partial charge in [-0.15, -0.1) is 0 Å². The molecule has 1 aliphatic heterocycles. The molecule has 126 valence electrons. The van der Waals surface area contributed by atoms with E-state index in [4.69, 9.17) is 5.73 Å². The molecule has 0 bridgehead atoms. The molecule has 1 rings (SSSR count). The van der Waals surface area contributed by atoms with Gasteiger partial charge in [0.1, 0.15) is 0 Å². The van der Waals surface area contributed by atoms with E-state index >= 15 is 0 Å². The summed E-state index contributed by atoms with van der Waals surface area (Å²) in [7, 11) is 4.36. The smallest absolute Gasteiger partial charge is 0.0789 e. The second-order valence-corrected chi connectivity index (χ2v) is 6.25. The average molecular weight is 301 g/mol. The van der Waals surface area contributed by atoms with Crippen LogP contribution in [0.2, 0.25) is 0 Å². The zero-order chi connectivity index (χ0) is 15.5. The van der Waals surface area contributed by atoms with Crippen LogP contribution in [0.3, 0.4) is 0 Å². The molecule has 4 N–H and O–H groups in total. The molecular formula is C15H35N5O. The quantitative estimate of drug-likeness (QED) is 0.612. The van der Waals surface area contributed by atoms with Crippen LogP contribution < -0.4 is 11.1 Å². The first-order chi connectivity index (χ1) is 10.1. The Labute approximate surface area is 130 Å². The highest BCUT2D eigenvalue weighted by atomic mass is 16.3. The van der Waals surface area contributed by atoms with Crippen LogP contribution in [0.15, 0.2) is 0 Å². The average Bonchev–Trinajstić information content (AvgIpc) is 2.47. The third-order valence-electron chi connectivity index (χ3n) is 4.12. The normalized spacial score (nSPS) is 24.6. The fourth-order valence-corrected chi connectivity index (χ4v) is 2.64. The van der Waals surface area contributed by atoms with Gasteiger partial charge in [0.25, 0.3) is 0 Å². The Morgan fingerprint density at radius 3 is 2.43 bits per heavy atom. The van der Waals surface area contributed by atoms with Crippen molar-refractivity contribution in [3.8, 4) is 0 Å². The SMILES string of the molecule is CN1CCCN(CC(O)CN)CCN(C)CCCNCC1. The Hall–Kier alpha value is -0.240.